The van der Waals surface area contributed by atoms with Crippen LogP contribution in [0.25, 0.3) is 5.57 Å². The average Bonchev–Trinajstić information content (AvgIpc) is 3.27. The van der Waals surface area contributed by atoms with Crippen molar-refractivity contribution in [2.75, 3.05) is 12.4 Å². The topological polar surface area (TPSA) is 68.3 Å². The van der Waals surface area contributed by atoms with Gasteiger partial charge in [0.2, 0.25) is 5.91 Å². The molecule has 1 aromatic carbocycles. The molecule has 116 valence electrons. The first-order valence-corrected chi connectivity index (χ1v) is 7.23. The Morgan fingerprint density at radius 3 is 2.48 bits per heavy atom. The van der Waals surface area contributed by atoms with Gasteiger partial charge in [0, 0.05) is 6.20 Å². The Hall–Kier alpha value is -2.95. The third-order valence-electron chi connectivity index (χ3n) is 3.85. The number of esters is 1. The van der Waals surface area contributed by atoms with E-state index in [0.717, 1.165) is 16.7 Å². The number of ether oxygens (including phenoxy) is 1. The molecule has 2 aromatic rings. The van der Waals surface area contributed by atoms with Crippen LogP contribution in [0.5, 0.6) is 0 Å². The second-order valence-electron chi connectivity index (χ2n) is 5.31. The summed E-state index contributed by atoms with van der Waals surface area (Å²) < 4.78 is 4.61. The number of amides is 1. The second kappa shape index (κ2) is 6.04. The SMILES string of the molecule is COC(=O)c1ccc(NC(=O)C2C(C)=C2c2ccccc2)nc1. The van der Waals surface area contributed by atoms with Crippen molar-refractivity contribution in [2.45, 2.75) is 6.92 Å². The Bertz CT molecular complexity index is 780. The van der Waals surface area contributed by atoms with E-state index in [2.05, 4.69) is 15.0 Å². The number of anilines is 1. The van der Waals surface area contributed by atoms with Gasteiger partial charge in [-0.25, -0.2) is 9.78 Å². The number of hydrogen-bond acceptors (Lipinski definition) is 4. The Kier molecular flexibility index (Phi) is 3.93. The van der Waals surface area contributed by atoms with Crippen LogP contribution >= 0.6 is 0 Å². The van der Waals surface area contributed by atoms with Crippen LogP contribution in [0, 0.1) is 5.92 Å². The molecule has 1 heterocycles. The Morgan fingerprint density at radius 2 is 1.87 bits per heavy atom. The molecule has 1 unspecified atom stereocenters. The van der Waals surface area contributed by atoms with Crippen molar-refractivity contribution < 1.29 is 14.3 Å². The average molecular weight is 308 g/mol. The molecule has 23 heavy (non-hydrogen) atoms. The predicted octanol–water partition coefficient (Wildman–Crippen LogP) is 2.91. The van der Waals surface area contributed by atoms with Gasteiger partial charge in [-0.05, 0) is 30.2 Å². The molecular formula is C18H16N2O3. The molecule has 0 aliphatic heterocycles. The number of aromatic nitrogens is 1. The molecule has 1 atom stereocenters. The lowest BCUT2D eigenvalue weighted by Crippen LogP contribution is -2.17. The maximum absolute atomic E-state index is 12.4. The highest BCUT2D eigenvalue weighted by atomic mass is 16.5. The number of carbonyl (C=O) groups is 2. The molecule has 1 N–H and O–H groups in total. The van der Waals surface area contributed by atoms with E-state index in [1.165, 1.54) is 13.3 Å². The minimum atomic E-state index is -0.457. The van der Waals surface area contributed by atoms with E-state index in [1.54, 1.807) is 12.1 Å². The lowest BCUT2D eigenvalue weighted by molar-refractivity contribution is -0.116. The van der Waals surface area contributed by atoms with Crippen molar-refractivity contribution in [3.05, 3.63) is 65.4 Å². The van der Waals surface area contributed by atoms with E-state index in [4.69, 9.17) is 0 Å². The largest absolute Gasteiger partial charge is 0.465 e. The normalized spacial score (nSPS) is 16.0. The van der Waals surface area contributed by atoms with Crippen LogP contribution in [0.15, 0.2) is 54.2 Å². The van der Waals surface area contributed by atoms with Crippen molar-refractivity contribution >= 4 is 23.3 Å². The van der Waals surface area contributed by atoms with Crippen molar-refractivity contribution in [1.82, 2.24) is 4.98 Å². The van der Waals surface area contributed by atoms with Gasteiger partial charge >= 0.3 is 5.97 Å². The second-order valence-corrected chi connectivity index (χ2v) is 5.31. The van der Waals surface area contributed by atoms with E-state index in [0.29, 0.717) is 11.4 Å². The third-order valence-corrected chi connectivity index (χ3v) is 3.85. The first kappa shape index (κ1) is 15.0. The van der Waals surface area contributed by atoms with Crippen LogP contribution < -0.4 is 5.32 Å². The Balaban J connectivity index is 1.66. The lowest BCUT2D eigenvalue weighted by atomic mass is 10.1. The number of pyridine rings is 1. The number of hydrogen-bond donors (Lipinski definition) is 1. The number of rotatable bonds is 4. The molecule has 0 bridgehead atoms. The summed E-state index contributed by atoms with van der Waals surface area (Å²) in [7, 11) is 1.31. The van der Waals surface area contributed by atoms with E-state index in [1.807, 2.05) is 37.3 Å². The van der Waals surface area contributed by atoms with Crippen molar-refractivity contribution in [3.63, 3.8) is 0 Å². The molecule has 5 nitrogen and oxygen atoms in total. The minimum Gasteiger partial charge on any atom is -0.465 e. The molecular weight excluding hydrogens is 292 g/mol. The van der Waals surface area contributed by atoms with E-state index >= 15 is 0 Å². The summed E-state index contributed by atoms with van der Waals surface area (Å²) in [6.45, 7) is 1.96. The fraction of sp³-hybridized carbons (Fsp3) is 0.167. The molecule has 1 aromatic heterocycles. The van der Waals surface area contributed by atoms with Crippen LogP contribution in [0.2, 0.25) is 0 Å². The Morgan fingerprint density at radius 1 is 1.13 bits per heavy atom. The molecule has 0 radical (unpaired) electrons. The highest BCUT2D eigenvalue weighted by Crippen LogP contribution is 2.46. The molecule has 3 rings (SSSR count). The van der Waals surface area contributed by atoms with Gasteiger partial charge in [0.1, 0.15) is 5.82 Å². The van der Waals surface area contributed by atoms with Crippen LogP contribution in [0.1, 0.15) is 22.8 Å². The fourth-order valence-electron chi connectivity index (χ4n) is 2.57. The zero-order valence-electron chi connectivity index (χ0n) is 12.9. The maximum Gasteiger partial charge on any atom is 0.339 e. The molecule has 0 saturated carbocycles. The lowest BCUT2D eigenvalue weighted by Gasteiger charge is -2.06. The number of carbonyl (C=O) groups excluding carboxylic acids is 2. The van der Waals surface area contributed by atoms with Crippen LogP contribution in [-0.2, 0) is 9.53 Å². The van der Waals surface area contributed by atoms with Gasteiger partial charge in [0.15, 0.2) is 0 Å². The smallest absolute Gasteiger partial charge is 0.339 e. The van der Waals surface area contributed by atoms with Gasteiger partial charge in [-0.15, -0.1) is 0 Å². The van der Waals surface area contributed by atoms with Crippen LogP contribution in [0.3, 0.4) is 0 Å². The highest BCUT2D eigenvalue weighted by Gasteiger charge is 2.39. The summed E-state index contributed by atoms with van der Waals surface area (Å²) in [6, 6.07) is 13.0. The van der Waals surface area contributed by atoms with E-state index in [-0.39, 0.29) is 11.8 Å². The van der Waals surface area contributed by atoms with E-state index < -0.39 is 5.97 Å². The number of methoxy groups -OCH3 is 1. The van der Waals surface area contributed by atoms with Crippen LogP contribution in [-0.4, -0.2) is 24.0 Å². The summed E-state index contributed by atoms with van der Waals surface area (Å²) in [5.74, 6) is -0.365. The van der Waals surface area contributed by atoms with E-state index in [9.17, 15) is 9.59 Å². The molecule has 1 amide bonds. The van der Waals surface area contributed by atoms with Gasteiger partial charge in [-0.1, -0.05) is 35.9 Å². The third kappa shape index (κ3) is 2.99. The van der Waals surface area contributed by atoms with Crippen molar-refractivity contribution in [2.24, 2.45) is 5.92 Å². The maximum atomic E-state index is 12.4. The summed E-state index contributed by atoms with van der Waals surface area (Å²) in [5, 5.41) is 2.77. The molecule has 1 aliphatic carbocycles. The molecule has 0 saturated heterocycles. The van der Waals surface area contributed by atoms with Gasteiger partial charge in [-0.3, -0.25) is 4.79 Å². The highest BCUT2D eigenvalue weighted by molar-refractivity contribution is 6.10. The van der Waals surface area contributed by atoms with Gasteiger partial charge in [-0.2, -0.15) is 0 Å². The first-order chi connectivity index (χ1) is 11.1. The van der Waals surface area contributed by atoms with Crippen molar-refractivity contribution in [3.8, 4) is 0 Å². The van der Waals surface area contributed by atoms with Crippen molar-refractivity contribution in [1.29, 1.82) is 0 Å². The quantitative estimate of drug-likeness (QED) is 0.882. The number of nitrogens with zero attached hydrogens (tertiary/aromatic N) is 1. The van der Waals surface area contributed by atoms with Crippen LogP contribution in [0.4, 0.5) is 5.82 Å². The molecule has 1 aliphatic rings. The van der Waals surface area contributed by atoms with Gasteiger partial charge in [0.05, 0.1) is 18.6 Å². The zero-order valence-corrected chi connectivity index (χ0v) is 12.9. The predicted molar refractivity (Wildman–Crippen MR) is 86.7 cm³/mol. The summed E-state index contributed by atoms with van der Waals surface area (Å²) >= 11 is 0. The summed E-state index contributed by atoms with van der Waals surface area (Å²) in [4.78, 5) is 27.8. The summed E-state index contributed by atoms with van der Waals surface area (Å²) in [6.07, 6.45) is 1.38. The minimum absolute atomic E-state index is 0.111. The fourth-order valence-corrected chi connectivity index (χ4v) is 2.57. The zero-order chi connectivity index (χ0) is 16.4. The summed E-state index contributed by atoms with van der Waals surface area (Å²) in [5.41, 5.74) is 3.55. The molecule has 0 spiro atoms. The number of nitrogens with one attached hydrogen (secondary N) is 1. The molecule has 0 fully saturated rings. The molecule has 5 heteroatoms. The van der Waals surface area contributed by atoms with Gasteiger partial charge < -0.3 is 10.1 Å². The monoisotopic (exact) mass is 308 g/mol. The standard InChI is InChI=1S/C18H16N2O3/c1-11-15(12-6-4-3-5-7-12)16(11)17(21)20-14-9-8-13(10-19-14)18(22)23-2/h3-10,16H,1-2H3,(H,19,20,21). The first-order valence-electron chi connectivity index (χ1n) is 7.23. The Labute approximate surface area is 134 Å². The number of benzene rings is 1. The van der Waals surface area contributed by atoms with Gasteiger partial charge in [0.25, 0.3) is 0 Å².